The summed E-state index contributed by atoms with van der Waals surface area (Å²) >= 11 is 0. The van der Waals surface area contributed by atoms with E-state index in [0.29, 0.717) is 19.1 Å². The maximum atomic E-state index is 13.4. The number of aromatic nitrogens is 3. The summed E-state index contributed by atoms with van der Waals surface area (Å²) in [6.45, 7) is 2.61. The predicted molar refractivity (Wildman–Crippen MR) is 87.2 cm³/mol. The maximum Gasteiger partial charge on any atom is 0.250 e. The summed E-state index contributed by atoms with van der Waals surface area (Å²) in [5.41, 5.74) is 1.10. The second-order valence-electron chi connectivity index (χ2n) is 5.92. The summed E-state index contributed by atoms with van der Waals surface area (Å²) < 4.78 is 26.6. The SMILES string of the molecule is Cn1nccc1[C@@H]1OCCC[C@H]1CNCCOc1ncccc1F. The Kier molecular flexibility index (Phi) is 5.77. The zero-order chi connectivity index (χ0) is 16.8. The molecule has 1 fully saturated rings. The van der Waals surface area contributed by atoms with Crippen molar-refractivity contribution in [3.05, 3.63) is 42.1 Å². The summed E-state index contributed by atoms with van der Waals surface area (Å²) in [7, 11) is 1.94. The zero-order valence-electron chi connectivity index (χ0n) is 13.8. The van der Waals surface area contributed by atoms with Crippen LogP contribution in [0.5, 0.6) is 5.88 Å². The first-order valence-corrected chi connectivity index (χ1v) is 8.29. The van der Waals surface area contributed by atoms with Gasteiger partial charge >= 0.3 is 0 Å². The average Bonchev–Trinajstić information content (AvgIpc) is 3.02. The van der Waals surface area contributed by atoms with Gasteiger partial charge in [0.1, 0.15) is 12.7 Å². The molecule has 2 aromatic rings. The van der Waals surface area contributed by atoms with Crippen molar-refractivity contribution in [2.75, 3.05) is 26.3 Å². The molecule has 0 radical (unpaired) electrons. The van der Waals surface area contributed by atoms with Crippen molar-refractivity contribution in [3.8, 4) is 5.88 Å². The number of ether oxygens (including phenoxy) is 2. The molecule has 0 bridgehead atoms. The molecule has 1 saturated heterocycles. The van der Waals surface area contributed by atoms with Crippen LogP contribution in [0.2, 0.25) is 0 Å². The number of hydrogen-bond acceptors (Lipinski definition) is 5. The van der Waals surface area contributed by atoms with Gasteiger partial charge in [0.25, 0.3) is 0 Å². The van der Waals surface area contributed by atoms with Gasteiger partial charge in [-0.05, 0) is 31.0 Å². The first-order valence-electron chi connectivity index (χ1n) is 8.29. The van der Waals surface area contributed by atoms with E-state index in [9.17, 15) is 4.39 Å². The van der Waals surface area contributed by atoms with E-state index in [2.05, 4.69) is 15.4 Å². The third kappa shape index (κ3) is 4.10. The van der Waals surface area contributed by atoms with Crippen molar-refractivity contribution in [3.63, 3.8) is 0 Å². The summed E-state index contributed by atoms with van der Waals surface area (Å²) in [5, 5.41) is 7.60. The van der Waals surface area contributed by atoms with E-state index in [4.69, 9.17) is 9.47 Å². The number of rotatable bonds is 7. The lowest BCUT2D eigenvalue weighted by molar-refractivity contribution is -0.0323. The van der Waals surface area contributed by atoms with E-state index in [0.717, 1.165) is 31.7 Å². The minimum Gasteiger partial charge on any atom is -0.474 e. The van der Waals surface area contributed by atoms with Gasteiger partial charge in [-0.2, -0.15) is 5.10 Å². The quantitative estimate of drug-likeness (QED) is 0.786. The van der Waals surface area contributed by atoms with Gasteiger partial charge in [-0.25, -0.2) is 9.37 Å². The Morgan fingerprint density at radius 3 is 3.12 bits per heavy atom. The van der Waals surface area contributed by atoms with Gasteiger partial charge in [-0.1, -0.05) is 0 Å². The Morgan fingerprint density at radius 2 is 2.33 bits per heavy atom. The van der Waals surface area contributed by atoms with Crippen LogP contribution < -0.4 is 10.1 Å². The van der Waals surface area contributed by atoms with E-state index in [1.165, 1.54) is 12.3 Å². The van der Waals surface area contributed by atoms with E-state index in [1.54, 1.807) is 12.3 Å². The molecule has 0 spiro atoms. The van der Waals surface area contributed by atoms with Gasteiger partial charge in [0.15, 0.2) is 5.82 Å². The minimum atomic E-state index is -0.436. The fraction of sp³-hybridized carbons (Fsp3) is 0.529. The van der Waals surface area contributed by atoms with E-state index in [-0.39, 0.29) is 12.0 Å². The maximum absolute atomic E-state index is 13.4. The number of pyridine rings is 1. The van der Waals surface area contributed by atoms with Gasteiger partial charge in [0, 0.05) is 45.1 Å². The molecule has 2 aromatic heterocycles. The largest absolute Gasteiger partial charge is 0.474 e. The first kappa shape index (κ1) is 16.9. The van der Waals surface area contributed by atoms with Crippen molar-refractivity contribution in [1.82, 2.24) is 20.1 Å². The monoisotopic (exact) mass is 334 g/mol. The third-order valence-corrected chi connectivity index (χ3v) is 4.24. The molecular formula is C17H23FN4O2. The Labute approximate surface area is 141 Å². The van der Waals surface area contributed by atoms with Gasteiger partial charge in [0.05, 0.1) is 5.69 Å². The summed E-state index contributed by atoms with van der Waals surface area (Å²) in [6.07, 6.45) is 5.55. The van der Waals surface area contributed by atoms with Crippen LogP contribution in [0.15, 0.2) is 30.6 Å². The lowest BCUT2D eigenvalue weighted by Crippen LogP contribution is -2.34. The van der Waals surface area contributed by atoms with Gasteiger partial charge < -0.3 is 14.8 Å². The lowest BCUT2D eigenvalue weighted by atomic mass is 9.92. The Morgan fingerprint density at radius 1 is 1.42 bits per heavy atom. The number of nitrogens with zero attached hydrogens (tertiary/aromatic N) is 3. The molecule has 3 heterocycles. The van der Waals surface area contributed by atoms with Crippen molar-refractivity contribution in [2.45, 2.75) is 18.9 Å². The van der Waals surface area contributed by atoms with Crippen LogP contribution in [0.4, 0.5) is 4.39 Å². The fourth-order valence-electron chi connectivity index (χ4n) is 3.03. The van der Waals surface area contributed by atoms with Crippen LogP contribution in [-0.4, -0.2) is 41.1 Å². The Balaban J connectivity index is 1.45. The molecule has 0 amide bonds. The van der Waals surface area contributed by atoms with Gasteiger partial charge in [0.2, 0.25) is 5.88 Å². The molecule has 0 aliphatic carbocycles. The molecular weight excluding hydrogens is 311 g/mol. The first-order chi connectivity index (χ1) is 11.8. The smallest absolute Gasteiger partial charge is 0.250 e. The van der Waals surface area contributed by atoms with Crippen LogP contribution in [0.25, 0.3) is 0 Å². The second kappa shape index (κ2) is 8.21. The molecule has 0 saturated carbocycles. The highest BCUT2D eigenvalue weighted by molar-refractivity contribution is 5.12. The molecule has 130 valence electrons. The van der Waals surface area contributed by atoms with Crippen LogP contribution in [0, 0.1) is 11.7 Å². The second-order valence-corrected chi connectivity index (χ2v) is 5.92. The highest BCUT2D eigenvalue weighted by atomic mass is 19.1. The molecule has 2 atom stereocenters. The third-order valence-electron chi connectivity index (χ3n) is 4.24. The number of halogens is 1. The zero-order valence-corrected chi connectivity index (χ0v) is 13.8. The standard InChI is InChI=1S/C17H23FN4O2/c1-22-15(6-8-21-22)16-13(4-3-10-23-16)12-19-9-11-24-17-14(18)5-2-7-20-17/h2,5-8,13,16,19H,3-4,9-12H2,1H3/t13-,16+/m0/s1. The molecule has 1 aliphatic heterocycles. The van der Waals surface area contributed by atoms with E-state index in [1.807, 2.05) is 17.8 Å². The van der Waals surface area contributed by atoms with Gasteiger partial charge in [-0.3, -0.25) is 4.68 Å². The molecule has 1 N–H and O–H groups in total. The molecule has 7 heteroatoms. The van der Waals surface area contributed by atoms with Crippen molar-refractivity contribution in [1.29, 1.82) is 0 Å². The Bertz CT molecular complexity index is 649. The van der Waals surface area contributed by atoms with E-state index < -0.39 is 5.82 Å². The van der Waals surface area contributed by atoms with Crippen LogP contribution in [0.1, 0.15) is 24.6 Å². The van der Waals surface area contributed by atoms with Crippen molar-refractivity contribution < 1.29 is 13.9 Å². The lowest BCUT2D eigenvalue weighted by Gasteiger charge is -2.32. The summed E-state index contributed by atoms with van der Waals surface area (Å²) in [4.78, 5) is 3.87. The van der Waals surface area contributed by atoms with Gasteiger partial charge in [-0.15, -0.1) is 0 Å². The average molecular weight is 334 g/mol. The number of hydrogen-bond donors (Lipinski definition) is 1. The predicted octanol–water partition coefficient (Wildman–Crippen LogP) is 2.09. The van der Waals surface area contributed by atoms with E-state index >= 15 is 0 Å². The molecule has 3 rings (SSSR count). The molecule has 1 aliphatic rings. The van der Waals surface area contributed by atoms with Crippen molar-refractivity contribution >= 4 is 0 Å². The highest BCUT2D eigenvalue weighted by Gasteiger charge is 2.29. The van der Waals surface area contributed by atoms with Crippen LogP contribution in [-0.2, 0) is 11.8 Å². The van der Waals surface area contributed by atoms with Crippen molar-refractivity contribution in [2.24, 2.45) is 13.0 Å². The molecule has 24 heavy (non-hydrogen) atoms. The van der Waals surface area contributed by atoms with Crippen LogP contribution >= 0.6 is 0 Å². The fourth-order valence-corrected chi connectivity index (χ4v) is 3.03. The molecule has 0 unspecified atom stereocenters. The molecule has 0 aromatic carbocycles. The van der Waals surface area contributed by atoms with Crippen LogP contribution in [0.3, 0.4) is 0 Å². The summed E-state index contributed by atoms with van der Waals surface area (Å²) in [6, 6.07) is 4.89. The molecule has 6 nitrogen and oxygen atoms in total. The Hall–Kier alpha value is -1.99. The summed E-state index contributed by atoms with van der Waals surface area (Å²) in [5.74, 6) is 0.00301. The minimum absolute atomic E-state index is 0.0491. The number of aryl methyl sites for hydroxylation is 1. The normalized spacial score (nSPS) is 20.9. The number of nitrogens with one attached hydrogen (secondary N) is 1. The topological polar surface area (TPSA) is 61.2 Å². The highest BCUT2D eigenvalue weighted by Crippen LogP contribution is 2.32.